The highest BCUT2D eigenvalue weighted by molar-refractivity contribution is 6.11. The summed E-state index contributed by atoms with van der Waals surface area (Å²) in [6.45, 7) is 2.36. The Kier molecular flexibility index (Phi) is 4.81. The van der Waals surface area contributed by atoms with Crippen molar-refractivity contribution in [2.45, 2.75) is 18.9 Å². The number of ketones is 1. The molecular weight excluding hydrogens is 408 g/mol. The summed E-state index contributed by atoms with van der Waals surface area (Å²) in [6.07, 6.45) is 0.758. The molecule has 1 saturated heterocycles. The van der Waals surface area contributed by atoms with Gasteiger partial charge in [-0.1, -0.05) is 36.4 Å². The second-order valence-corrected chi connectivity index (χ2v) is 8.14. The summed E-state index contributed by atoms with van der Waals surface area (Å²) in [5, 5.41) is 4.77. The first kappa shape index (κ1) is 20.1. The number of hydrogen-bond acceptors (Lipinski definition) is 5. The predicted molar refractivity (Wildman–Crippen MR) is 118 cm³/mol. The molecule has 0 bridgehead atoms. The van der Waals surface area contributed by atoms with Gasteiger partial charge in [0, 0.05) is 12.0 Å². The van der Waals surface area contributed by atoms with Crippen molar-refractivity contribution in [2.24, 2.45) is 0 Å². The Bertz CT molecular complexity index is 1250. The number of Topliss-reactive ketones (excluding diaryl/α,β-unsaturated/α-hetero) is 1. The molecule has 2 heterocycles. The normalized spacial score (nSPS) is 20.2. The number of urea groups is 1. The van der Waals surface area contributed by atoms with Gasteiger partial charge in [-0.05, 0) is 47.5 Å². The fraction of sp³-hybridized carbons (Fsp3) is 0.240. The lowest BCUT2D eigenvalue weighted by Gasteiger charge is -2.22. The maximum absolute atomic E-state index is 13.3. The third kappa shape index (κ3) is 3.36. The van der Waals surface area contributed by atoms with E-state index in [1.807, 2.05) is 42.5 Å². The summed E-state index contributed by atoms with van der Waals surface area (Å²) in [5.74, 6) is 0.261. The SMILES string of the molecule is C[C@@]1(c2ccc3ccccc3c2)NC(=O)N(CC(=O)c2ccc3c(c2)OCCCO3)C1=O. The van der Waals surface area contributed by atoms with Crippen LogP contribution in [-0.4, -0.2) is 42.4 Å². The van der Waals surface area contributed by atoms with Crippen molar-refractivity contribution < 1.29 is 23.9 Å². The molecule has 0 saturated carbocycles. The number of imide groups is 1. The average molecular weight is 430 g/mol. The largest absolute Gasteiger partial charge is 0.490 e. The van der Waals surface area contributed by atoms with Crippen LogP contribution in [0.15, 0.2) is 60.7 Å². The minimum Gasteiger partial charge on any atom is -0.490 e. The minimum absolute atomic E-state index is 0.354. The van der Waals surface area contributed by atoms with Crippen LogP contribution in [0, 0.1) is 0 Å². The zero-order chi connectivity index (χ0) is 22.3. The molecule has 0 aromatic heterocycles. The van der Waals surface area contributed by atoms with E-state index in [1.54, 1.807) is 25.1 Å². The molecule has 0 radical (unpaired) electrons. The first-order valence-electron chi connectivity index (χ1n) is 10.5. The number of ether oxygens (including phenoxy) is 2. The molecule has 0 spiro atoms. The monoisotopic (exact) mass is 430 g/mol. The average Bonchev–Trinajstić information content (AvgIpc) is 2.96. The number of amides is 3. The van der Waals surface area contributed by atoms with Crippen molar-refractivity contribution in [3.8, 4) is 11.5 Å². The lowest BCUT2D eigenvalue weighted by Crippen LogP contribution is -2.41. The van der Waals surface area contributed by atoms with Gasteiger partial charge < -0.3 is 14.8 Å². The molecule has 32 heavy (non-hydrogen) atoms. The second kappa shape index (κ2) is 7.67. The fourth-order valence-electron chi connectivity index (χ4n) is 4.11. The number of carbonyl (C=O) groups is 3. The highest BCUT2D eigenvalue weighted by Gasteiger charge is 2.49. The van der Waals surface area contributed by atoms with E-state index in [-0.39, 0.29) is 12.3 Å². The summed E-state index contributed by atoms with van der Waals surface area (Å²) in [5.41, 5.74) is -0.221. The van der Waals surface area contributed by atoms with Gasteiger partial charge in [-0.25, -0.2) is 4.79 Å². The van der Waals surface area contributed by atoms with Crippen molar-refractivity contribution in [3.63, 3.8) is 0 Å². The van der Waals surface area contributed by atoms with Crippen molar-refractivity contribution in [1.29, 1.82) is 0 Å². The first-order chi connectivity index (χ1) is 15.5. The van der Waals surface area contributed by atoms with Gasteiger partial charge >= 0.3 is 6.03 Å². The molecule has 7 nitrogen and oxygen atoms in total. The van der Waals surface area contributed by atoms with Crippen molar-refractivity contribution >= 4 is 28.5 Å². The van der Waals surface area contributed by atoms with Gasteiger partial charge in [0.2, 0.25) is 0 Å². The minimum atomic E-state index is -1.24. The van der Waals surface area contributed by atoms with Crippen LogP contribution in [0.25, 0.3) is 10.8 Å². The Balaban J connectivity index is 1.39. The molecule has 5 rings (SSSR count). The van der Waals surface area contributed by atoms with Gasteiger partial charge in [0.15, 0.2) is 17.3 Å². The van der Waals surface area contributed by atoms with Crippen LogP contribution in [0.1, 0.15) is 29.3 Å². The third-order valence-electron chi connectivity index (χ3n) is 5.97. The highest BCUT2D eigenvalue weighted by Crippen LogP contribution is 2.33. The first-order valence-corrected chi connectivity index (χ1v) is 10.5. The lowest BCUT2D eigenvalue weighted by molar-refractivity contribution is -0.130. The number of rotatable bonds is 4. The van der Waals surface area contributed by atoms with Crippen LogP contribution >= 0.6 is 0 Å². The molecule has 3 aromatic rings. The predicted octanol–water partition coefficient (Wildman–Crippen LogP) is 3.65. The lowest BCUT2D eigenvalue weighted by atomic mass is 9.90. The number of benzene rings is 3. The molecule has 2 aliphatic rings. The molecule has 1 N–H and O–H groups in total. The van der Waals surface area contributed by atoms with Gasteiger partial charge in [-0.2, -0.15) is 0 Å². The Morgan fingerprint density at radius 2 is 1.72 bits per heavy atom. The van der Waals surface area contributed by atoms with Gasteiger partial charge in [-0.15, -0.1) is 0 Å². The number of fused-ring (bicyclic) bond motifs is 2. The Labute approximate surface area is 184 Å². The fourth-order valence-corrected chi connectivity index (χ4v) is 4.11. The molecule has 162 valence electrons. The van der Waals surface area contributed by atoms with E-state index >= 15 is 0 Å². The standard InChI is InChI=1S/C25H22N2O5/c1-25(19-9-7-16-5-2-3-6-17(16)13-19)23(29)27(24(30)26-25)15-20(28)18-8-10-21-22(14-18)32-12-4-11-31-21/h2-3,5-10,13-14H,4,11-12,15H2,1H3,(H,26,30)/t25-/m0/s1. The summed E-state index contributed by atoms with van der Waals surface area (Å²) in [6, 6.07) is 17.8. The molecule has 0 aliphatic carbocycles. The van der Waals surface area contributed by atoms with Crippen LogP contribution in [0.3, 0.4) is 0 Å². The Morgan fingerprint density at radius 1 is 0.969 bits per heavy atom. The van der Waals surface area contributed by atoms with E-state index < -0.39 is 17.5 Å². The molecule has 3 aromatic carbocycles. The molecule has 1 atom stereocenters. The summed E-state index contributed by atoms with van der Waals surface area (Å²) in [7, 11) is 0. The molecule has 0 unspecified atom stereocenters. The molecule has 3 amide bonds. The molecule has 7 heteroatoms. The number of carbonyl (C=O) groups excluding carboxylic acids is 3. The van der Waals surface area contributed by atoms with E-state index in [9.17, 15) is 14.4 Å². The Hall–Kier alpha value is -3.87. The zero-order valence-electron chi connectivity index (χ0n) is 17.6. The maximum atomic E-state index is 13.3. The quantitative estimate of drug-likeness (QED) is 0.505. The van der Waals surface area contributed by atoms with Gasteiger partial charge in [0.1, 0.15) is 5.54 Å². The summed E-state index contributed by atoms with van der Waals surface area (Å²) in [4.78, 5) is 39.8. The summed E-state index contributed by atoms with van der Waals surface area (Å²) < 4.78 is 11.2. The number of hydrogen-bond donors (Lipinski definition) is 1. The second-order valence-electron chi connectivity index (χ2n) is 8.14. The van der Waals surface area contributed by atoms with Crippen LogP contribution in [-0.2, 0) is 10.3 Å². The van der Waals surface area contributed by atoms with Crippen molar-refractivity contribution in [3.05, 3.63) is 71.8 Å². The molecule has 1 fully saturated rings. The topological polar surface area (TPSA) is 84.9 Å². The van der Waals surface area contributed by atoms with E-state index in [0.717, 1.165) is 22.1 Å². The summed E-state index contributed by atoms with van der Waals surface area (Å²) >= 11 is 0. The Morgan fingerprint density at radius 3 is 2.53 bits per heavy atom. The van der Waals surface area contributed by atoms with Crippen molar-refractivity contribution in [2.75, 3.05) is 19.8 Å². The van der Waals surface area contributed by atoms with Crippen LogP contribution in [0.4, 0.5) is 4.79 Å². The number of nitrogens with one attached hydrogen (secondary N) is 1. The van der Waals surface area contributed by atoms with Gasteiger partial charge in [0.05, 0.1) is 19.8 Å². The van der Waals surface area contributed by atoms with Crippen LogP contribution in [0.5, 0.6) is 11.5 Å². The van der Waals surface area contributed by atoms with Crippen LogP contribution in [0.2, 0.25) is 0 Å². The molecule has 2 aliphatic heterocycles. The smallest absolute Gasteiger partial charge is 0.325 e. The van der Waals surface area contributed by atoms with Crippen molar-refractivity contribution in [1.82, 2.24) is 10.2 Å². The van der Waals surface area contributed by atoms with E-state index in [1.165, 1.54) is 0 Å². The van der Waals surface area contributed by atoms with E-state index in [0.29, 0.717) is 35.8 Å². The van der Waals surface area contributed by atoms with E-state index in [2.05, 4.69) is 5.32 Å². The van der Waals surface area contributed by atoms with E-state index in [4.69, 9.17) is 9.47 Å². The zero-order valence-corrected chi connectivity index (χ0v) is 17.6. The number of nitrogens with zero attached hydrogens (tertiary/aromatic N) is 1. The molecular formula is C25H22N2O5. The van der Waals surface area contributed by atoms with Gasteiger partial charge in [0.25, 0.3) is 5.91 Å². The highest BCUT2D eigenvalue weighted by atomic mass is 16.5. The van der Waals surface area contributed by atoms with Gasteiger partial charge in [-0.3, -0.25) is 14.5 Å². The third-order valence-corrected chi connectivity index (χ3v) is 5.97. The van der Waals surface area contributed by atoms with Crippen LogP contribution < -0.4 is 14.8 Å². The maximum Gasteiger partial charge on any atom is 0.325 e.